The number of pyridine rings is 1. The highest BCUT2D eigenvalue weighted by Gasteiger charge is 2.22. The van der Waals surface area contributed by atoms with Gasteiger partial charge in [0.05, 0.1) is 30.0 Å². The van der Waals surface area contributed by atoms with Gasteiger partial charge in [0.2, 0.25) is 0 Å². The van der Waals surface area contributed by atoms with Crippen molar-refractivity contribution in [2.45, 2.75) is 52.7 Å². The van der Waals surface area contributed by atoms with Gasteiger partial charge < -0.3 is 10.1 Å². The van der Waals surface area contributed by atoms with Crippen molar-refractivity contribution in [3.05, 3.63) is 48.7 Å². The number of nitrogens with zero attached hydrogens (tertiary/aromatic N) is 5. The second-order valence-electron chi connectivity index (χ2n) is 9.16. The van der Waals surface area contributed by atoms with Gasteiger partial charge >= 0.3 is 6.09 Å². The molecule has 3 rings (SSSR count). The van der Waals surface area contributed by atoms with E-state index in [-0.39, 0.29) is 17.4 Å². The summed E-state index contributed by atoms with van der Waals surface area (Å²) < 4.78 is 6.80. The Morgan fingerprint density at radius 2 is 1.78 bits per heavy atom. The molecule has 0 aromatic carbocycles. The predicted octanol–water partition coefficient (Wildman–Crippen LogP) is 3.60. The first-order valence-corrected chi connectivity index (χ1v) is 10.1. The third kappa shape index (κ3) is 6.10. The SMILES string of the molecule is CC(C)(C)NC(=O)c1cc(-c2cnc(NC(=O)OC(C)(C)C)cn2)n(-c2cccnc2)n1. The molecule has 3 aromatic rings. The highest BCUT2D eigenvalue weighted by atomic mass is 16.6. The summed E-state index contributed by atoms with van der Waals surface area (Å²) in [6.07, 6.45) is 5.56. The van der Waals surface area contributed by atoms with Gasteiger partial charge in [-0.25, -0.2) is 19.4 Å². The number of hydrogen-bond acceptors (Lipinski definition) is 7. The third-order valence-corrected chi connectivity index (χ3v) is 3.86. The molecule has 0 fully saturated rings. The van der Waals surface area contributed by atoms with Crippen LogP contribution in [0.5, 0.6) is 0 Å². The largest absolute Gasteiger partial charge is 0.444 e. The number of carbonyl (C=O) groups is 2. The van der Waals surface area contributed by atoms with E-state index in [1.165, 1.54) is 12.4 Å². The molecule has 2 N–H and O–H groups in total. The zero-order valence-electron chi connectivity index (χ0n) is 19.0. The Balaban J connectivity index is 1.92. The smallest absolute Gasteiger partial charge is 0.413 e. The van der Waals surface area contributed by atoms with Crippen molar-refractivity contribution in [3.8, 4) is 17.1 Å². The van der Waals surface area contributed by atoms with Crippen molar-refractivity contribution >= 4 is 17.8 Å². The second-order valence-corrected chi connectivity index (χ2v) is 9.16. The standard InChI is InChI=1S/C22H27N7O3/c1-21(2,3)27-19(30)15-10-17(29(28-15)14-8-7-9-23-11-14)16-12-25-18(13-24-16)26-20(31)32-22(4,5)6/h7-13H,1-6H3,(H,27,30)(H,25,26,31). The molecule has 0 saturated carbocycles. The zero-order valence-corrected chi connectivity index (χ0v) is 19.0. The van der Waals surface area contributed by atoms with E-state index in [9.17, 15) is 9.59 Å². The highest BCUT2D eigenvalue weighted by Crippen LogP contribution is 2.23. The molecule has 10 nitrogen and oxygen atoms in total. The van der Waals surface area contributed by atoms with Gasteiger partial charge in [0.25, 0.3) is 5.91 Å². The van der Waals surface area contributed by atoms with Crippen LogP contribution in [0.4, 0.5) is 10.6 Å². The maximum Gasteiger partial charge on any atom is 0.413 e. The van der Waals surface area contributed by atoms with Crippen molar-refractivity contribution < 1.29 is 14.3 Å². The van der Waals surface area contributed by atoms with Gasteiger partial charge in [-0.15, -0.1) is 0 Å². The van der Waals surface area contributed by atoms with Crippen molar-refractivity contribution in [2.24, 2.45) is 0 Å². The maximum atomic E-state index is 12.7. The Morgan fingerprint density at radius 3 is 2.34 bits per heavy atom. The van der Waals surface area contributed by atoms with E-state index < -0.39 is 17.2 Å². The number of anilines is 1. The molecule has 0 atom stereocenters. The Labute approximate surface area is 186 Å². The number of amides is 2. The summed E-state index contributed by atoms with van der Waals surface area (Å²) in [5, 5.41) is 9.90. The normalized spacial score (nSPS) is 11.7. The van der Waals surface area contributed by atoms with Crippen LogP contribution in [-0.2, 0) is 4.74 Å². The first kappa shape index (κ1) is 22.9. The lowest BCUT2D eigenvalue weighted by Gasteiger charge is -2.19. The molecule has 168 valence electrons. The van der Waals surface area contributed by atoms with Crippen LogP contribution in [-0.4, -0.2) is 47.9 Å². The Kier molecular flexibility index (Phi) is 6.24. The second kappa shape index (κ2) is 8.74. The lowest BCUT2D eigenvalue weighted by molar-refractivity contribution is 0.0635. The molecule has 0 unspecified atom stereocenters. The molecule has 0 spiro atoms. The molecule has 10 heteroatoms. The van der Waals surface area contributed by atoms with Crippen LogP contribution in [0.15, 0.2) is 43.0 Å². The van der Waals surface area contributed by atoms with Crippen LogP contribution in [0.25, 0.3) is 17.1 Å². The monoisotopic (exact) mass is 437 g/mol. The van der Waals surface area contributed by atoms with Crippen LogP contribution >= 0.6 is 0 Å². The molecule has 3 heterocycles. The maximum absolute atomic E-state index is 12.7. The lowest BCUT2D eigenvalue weighted by atomic mass is 10.1. The summed E-state index contributed by atoms with van der Waals surface area (Å²) in [6, 6.07) is 5.23. The number of rotatable bonds is 4. The van der Waals surface area contributed by atoms with Gasteiger partial charge in [-0.3, -0.25) is 15.1 Å². The fraction of sp³-hybridized carbons (Fsp3) is 0.364. The topological polar surface area (TPSA) is 124 Å². The predicted molar refractivity (Wildman–Crippen MR) is 119 cm³/mol. The van der Waals surface area contributed by atoms with Gasteiger partial charge in [-0.05, 0) is 59.7 Å². The minimum absolute atomic E-state index is 0.233. The zero-order chi connectivity index (χ0) is 23.5. The molecule has 0 aliphatic carbocycles. The summed E-state index contributed by atoms with van der Waals surface area (Å²) in [5.41, 5.74) is 0.868. The van der Waals surface area contributed by atoms with Gasteiger partial charge in [-0.2, -0.15) is 5.10 Å². The molecule has 32 heavy (non-hydrogen) atoms. The van der Waals surface area contributed by atoms with E-state index >= 15 is 0 Å². The van der Waals surface area contributed by atoms with Crippen molar-refractivity contribution in [1.29, 1.82) is 0 Å². The lowest BCUT2D eigenvalue weighted by Crippen LogP contribution is -2.40. The van der Waals surface area contributed by atoms with E-state index in [0.29, 0.717) is 17.1 Å². The van der Waals surface area contributed by atoms with Gasteiger partial charge in [0.1, 0.15) is 11.3 Å². The molecule has 0 saturated heterocycles. The molecule has 2 amide bonds. The van der Waals surface area contributed by atoms with E-state index in [4.69, 9.17) is 4.74 Å². The van der Waals surface area contributed by atoms with Gasteiger partial charge in [-0.1, -0.05) is 0 Å². The molecule has 0 bridgehead atoms. The van der Waals surface area contributed by atoms with E-state index in [0.717, 1.165) is 0 Å². The number of nitrogens with one attached hydrogen (secondary N) is 2. The van der Waals surface area contributed by atoms with E-state index in [1.807, 2.05) is 26.8 Å². The Morgan fingerprint density at radius 1 is 1.03 bits per heavy atom. The molecular formula is C22H27N7O3. The quantitative estimate of drug-likeness (QED) is 0.639. The van der Waals surface area contributed by atoms with Gasteiger partial charge in [0.15, 0.2) is 11.5 Å². The highest BCUT2D eigenvalue weighted by molar-refractivity contribution is 5.94. The minimum Gasteiger partial charge on any atom is -0.444 e. The van der Waals surface area contributed by atoms with Crippen LogP contribution in [0.1, 0.15) is 52.0 Å². The van der Waals surface area contributed by atoms with Crippen molar-refractivity contribution in [3.63, 3.8) is 0 Å². The van der Waals surface area contributed by atoms with Crippen LogP contribution in [0.3, 0.4) is 0 Å². The number of ether oxygens (including phenoxy) is 1. The average Bonchev–Trinajstić information content (AvgIpc) is 3.12. The molecule has 0 aliphatic rings. The average molecular weight is 438 g/mol. The number of carbonyl (C=O) groups excluding carboxylic acids is 2. The first-order chi connectivity index (χ1) is 14.9. The fourth-order valence-corrected chi connectivity index (χ4v) is 2.69. The fourth-order valence-electron chi connectivity index (χ4n) is 2.69. The summed E-state index contributed by atoms with van der Waals surface area (Å²) >= 11 is 0. The van der Waals surface area contributed by atoms with Crippen LogP contribution in [0.2, 0.25) is 0 Å². The molecule has 0 radical (unpaired) electrons. The minimum atomic E-state index is -0.627. The van der Waals surface area contributed by atoms with Crippen molar-refractivity contribution in [1.82, 2.24) is 30.0 Å². The first-order valence-electron chi connectivity index (χ1n) is 10.1. The summed E-state index contributed by atoms with van der Waals surface area (Å²) in [4.78, 5) is 37.4. The third-order valence-electron chi connectivity index (χ3n) is 3.86. The summed E-state index contributed by atoms with van der Waals surface area (Å²) in [5.74, 6) is -0.0706. The number of aromatic nitrogens is 5. The Bertz CT molecular complexity index is 1100. The number of hydrogen-bond donors (Lipinski definition) is 2. The van der Waals surface area contributed by atoms with Crippen molar-refractivity contribution in [2.75, 3.05) is 5.32 Å². The summed E-state index contributed by atoms with van der Waals surface area (Å²) in [7, 11) is 0. The molecule has 0 aliphatic heterocycles. The van der Waals surface area contributed by atoms with Gasteiger partial charge in [0, 0.05) is 11.7 Å². The molecule has 3 aromatic heterocycles. The molecular weight excluding hydrogens is 410 g/mol. The van der Waals surface area contributed by atoms with Crippen LogP contribution in [0, 0.1) is 0 Å². The Hall–Kier alpha value is -3.82. The van der Waals surface area contributed by atoms with E-state index in [1.54, 1.807) is 50.0 Å². The summed E-state index contributed by atoms with van der Waals surface area (Å²) in [6.45, 7) is 11.0. The van der Waals surface area contributed by atoms with E-state index in [2.05, 4.69) is 30.7 Å². The van der Waals surface area contributed by atoms with Crippen LogP contribution < -0.4 is 10.6 Å².